The van der Waals surface area contributed by atoms with Crippen molar-refractivity contribution in [3.05, 3.63) is 66.5 Å². The quantitative estimate of drug-likeness (QED) is 0.609. The topological polar surface area (TPSA) is 99.6 Å². The van der Waals surface area contributed by atoms with Gasteiger partial charge in [0.1, 0.15) is 0 Å². The van der Waals surface area contributed by atoms with E-state index >= 15 is 0 Å². The molecule has 3 rings (SSSR count). The van der Waals surface area contributed by atoms with Crippen molar-refractivity contribution in [1.29, 1.82) is 0 Å². The van der Waals surface area contributed by atoms with Gasteiger partial charge < -0.3 is 15.3 Å². The summed E-state index contributed by atoms with van der Waals surface area (Å²) in [4.78, 5) is 40.6. The Morgan fingerprint density at radius 1 is 1.09 bits per heavy atom. The lowest BCUT2D eigenvalue weighted by atomic mass is 9.42. The van der Waals surface area contributed by atoms with Gasteiger partial charge in [-0.2, -0.15) is 0 Å². The number of aliphatic carboxylic acids is 1. The van der Waals surface area contributed by atoms with E-state index in [-0.39, 0.29) is 37.7 Å². The summed E-state index contributed by atoms with van der Waals surface area (Å²) < 4.78 is 0. The minimum atomic E-state index is -0.952. The van der Waals surface area contributed by atoms with Gasteiger partial charge in [0.05, 0.1) is 6.42 Å². The molecule has 1 aromatic heterocycles. The average Bonchev–Trinajstić information content (AvgIpc) is 2.83. The third-order valence-electron chi connectivity index (χ3n) is 4.82. The van der Waals surface area contributed by atoms with Crippen LogP contribution in [0.5, 0.6) is 0 Å². The highest BCUT2D eigenvalue weighted by Gasteiger charge is 2.33. The molecular weight excluding hydrogens is 405 g/mol. The summed E-state index contributed by atoms with van der Waals surface area (Å²) in [6.07, 6.45) is 5.85. The highest BCUT2D eigenvalue weighted by Crippen LogP contribution is 2.16. The van der Waals surface area contributed by atoms with Gasteiger partial charge in [0.15, 0.2) is 5.81 Å². The van der Waals surface area contributed by atoms with Crippen LogP contribution >= 0.6 is 0 Å². The molecule has 32 heavy (non-hydrogen) atoms. The zero-order valence-electron chi connectivity index (χ0n) is 19.1. The number of nitrogens with zero attached hydrogens (tertiary/aromatic N) is 2. The van der Waals surface area contributed by atoms with Crippen LogP contribution in [0.3, 0.4) is 0 Å². The number of carbonyl (C=O) groups excluding carboxylic acids is 2. The number of carboxylic acid groups (broad SMARTS) is 1. The molecule has 0 radical (unpaired) electrons. The fraction of sp³-hybridized carbons (Fsp3) is 0.417. The molecule has 0 atom stereocenters. The van der Waals surface area contributed by atoms with Crippen LogP contribution in [-0.4, -0.2) is 59.0 Å². The van der Waals surface area contributed by atoms with Crippen LogP contribution in [0.15, 0.2) is 60.9 Å². The lowest BCUT2D eigenvalue weighted by Crippen LogP contribution is -2.48. The highest BCUT2D eigenvalue weighted by atomic mass is 16.4. The molecule has 2 aromatic rings. The van der Waals surface area contributed by atoms with Crippen LogP contribution in [-0.2, 0) is 16.0 Å². The smallest absolute Gasteiger partial charge is 0.305 e. The Bertz CT molecular complexity index is 764. The maximum atomic E-state index is 12.5. The second-order valence-electron chi connectivity index (χ2n) is 7.12. The van der Waals surface area contributed by atoms with E-state index in [0.717, 1.165) is 24.9 Å². The van der Waals surface area contributed by atoms with E-state index in [1.807, 2.05) is 67.3 Å². The minimum Gasteiger partial charge on any atom is -0.481 e. The van der Waals surface area contributed by atoms with Gasteiger partial charge in [-0.1, -0.05) is 56.6 Å². The van der Waals surface area contributed by atoms with Crippen LogP contribution < -0.4 is 5.32 Å². The van der Waals surface area contributed by atoms with Gasteiger partial charge >= 0.3 is 5.97 Å². The number of rotatable bonds is 8. The lowest BCUT2D eigenvalue weighted by molar-refractivity contribution is -0.136. The lowest BCUT2D eigenvalue weighted by Gasteiger charge is -2.31. The maximum absolute atomic E-state index is 12.5. The van der Waals surface area contributed by atoms with Crippen molar-refractivity contribution in [2.75, 3.05) is 19.6 Å². The normalized spacial score (nSPS) is 12.6. The van der Waals surface area contributed by atoms with Crippen LogP contribution in [0.1, 0.15) is 32.3 Å². The van der Waals surface area contributed by atoms with E-state index in [1.165, 1.54) is 0 Å². The number of pyridine rings is 1. The standard InChI is InChI=1S/C16H22BN3O4.C6H6.C2H6/c21-14(19-9-4-15(22)23)12-17-6-1-10-20(16(17)24)11-5-13-2-7-18-8-3-13;1-2-4-6-5-3-1;1-2/h2-3,7-8H,1,4-6,9-12H2,(H,19,21)(H,22,23);1-6H;1-2H3. The van der Waals surface area contributed by atoms with Crippen molar-refractivity contribution >= 4 is 24.4 Å². The first kappa shape index (κ1) is 26.9. The molecule has 1 aromatic carbocycles. The van der Waals surface area contributed by atoms with Gasteiger partial charge in [0.2, 0.25) is 5.91 Å². The molecule has 2 N–H and O–H groups in total. The molecule has 0 spiro atoms. The number of carboxylic acids is 1. The summed E-state index contributed by atoms with van der Waals surface area (Å²) in [6.45, 7) is 5.16. The molecule has 1 aliphatic rings. The van der Waals surface area contributed by atoms with Gasteiger partial charge in [-0.25, -0.2) is 0 Å². The molecule has 1 saturated heterocycles. The Morgan fingerprint density at radius 3 is 2.25 bits per heavy atom. The van der Waals surface area contributed by atoms with Gasteiger partial charge in [0.25, 0.3) is 6.71 Å². The molecule has 0 bridgehead atoms. The van der Waals surface area contributed by atoms with Crippen molar-refractivity contribution in [2.24, 2.45) is 0 Å². The van der Waals surface area contributed by atoms with Crippen molar-refractivity contribution < 1.29 is 19.5 Å². The molecule has 2 heterocycles. The first-order chi connectivity index (χ1) is 15.6. The second-order valence-corrected chi connectivity index (χ2v) is 7.12. The molecule has 1 fully saturated rings. The molecular formula is C24H34BN3O4. The largest absolute Gasteiger partial charge is 0.481 e. The number of aromatic nitrogens is 1. The highest BCUT2D eigenvalue weighted by molar-refractivity contribution is 6.91. The number of hydrogen-bond acceptors (Lipinski definition) is 4. The van der Waals surface area contributed by atoms with Crippen LogP contribution in [0, 0.1) is 0 Å². The summed E-state index contributed by atoms with van der Waals surface area (Å²) in [5.74, 6) is -1.19. The summed E-state index contributed by atoms with van der Waals surface area (Å²) in [5.41, 5.74) is 1.13. The van der Waals surface area contributed by atoms with Crippen molar-refractivity contribution in [3.8, 4) is 0 Å². The molecule has 0 aliphatic carbocycles. The number of amides is 2. The second kappa shape index (κ2) is 16.5. The minimum absolute atomic E-state index is 0.0173. The number of nitrogens with one attached hydrogen (secondary N) is 1. The molecule has 172 valence electrons. The Kier molecular flexibility index (Phi) is 13.9. The zero-order valence-corrected chi connectivity index (χ0v) is 19.1. The van der Waals surface area contributed by atoms with E-state index in [0.29, 0.717) is 12.9 Å². The van der Waals surface area contributed by atoms with E-state index in [2.05, 4.69) is 10.3 Å². The monoisotopic (exact) mass is 439 g/mol. The summed E-state index contributed by atoms with van der Waals surface area (Å²) >= 11 is 0. The maximum Gasteiger partial charge on any atom is 0.305 e. The third-order valence-corrected chi connectivity index (χ3v) is 4.82. The van der Waals surface area contributed by atoms with E-state index in [1.54, 1.807) is 12.4 Å². The molecule has 1 aliphatic heterocycles. The van der Waals surface area contributed by atoms with Gasteiger partial charge in [-0.05, 0) is 30.5 Å². The van der Waals surface area contributed by atoms with Crippen LogP contribution in [0.25, 0.3) is 0 Å². The summed E-state index contributed by atoms with van der Waals surface area (Å²) in [6, 6.07) is 15.9. The number of hydrogen-bond donors (Lipinski definition) is 2. The van der Waals surface area contributed by atoms with E-state index < -0.39 is 5.97 Å². The van der Waals surface area contributed by atoms with Crippen LogP contribution in [0.4, 0.5) is 4.79 Å². The Hall–Kier alpha value is -3.16. The van der Waals surface area contributed by atoms with E-state index in [4.69, 9.17) is 5.11 Å². The Labute approximate surface area is 191 Å². The molecule has 0 unspecified atom stereocenters. The number of benzene rings is 1. The average molecular weight is 439 g/mol. The fourth-order valence-corrected chi connectivity index (χ4v) is 3.24. The zero-order chi connectivity index (χ0) is 23.6. The molecule has 0 saturated carbocycles. The van der Waals surface area contributed by atoms with Crippen molar-refractivity contribution in [2.45, 2.75) is 45.8 Å². The first-order valence-electron chi connectivity index (χ1n) is 11.2. The predicted molar refractivity (Wildman–Crippen MR) is 128 cm³/mol. The predicted octanol–water partition coefficient (Wildman–Crippen LogP) is 3.83. The SMILES string of the molecule is CC.O=C(O)CCNC(=O)CB1CCCN(CCc2ccncc2)C1=O.c1ccccc1. The van der Waals surface area contributed by atoms with Gasteiger partial charge in [-0.3, -0.25) is 19.4 Å². The summed E-state index contributed by atoms with van der Waals surface area (Å²) in [5, 5.41) is 11.1. The fourth-order valence-electron chi connectivity index (χ4n) is 3.24. The first-order valence-corrected chi connectivity index (χ1v) is 11.2. The molecule has 2 amide bonds. The van der Waals surface area contributed by atoms with Crippen molar-refractivity contribution in [3.63, 3.8) is 0 Å². The van der Waals surface area contributed by atoms with E-state index in [9.17, 15) is 14.4 Å². The van der Waals surface area contributed by atoms with Gasteiger partial charge in [0, 0.05) is 38.3 Å². The van der Waals surface area contributed by atoms with Crippen molar-refractivity contribution in [1.82, 2.24) is 15.2 Å². The van der Waals surface area contributed by atoms with Gasteiger partial charge in [-0.15, -0.1) is 0 Å². The third kappa shape index (κ3) is 11.3. The number of carbonyl (C=O) groups is 3. The summed E-state index contributed by atoms with van der Waals surface area (Å²) in [7, 11) is 0. The molecule has 8 heteroatoms. The molecule has 7 nitrogen and oxygen atoms in total. The Morgan fingerprint density at radius 2 is 1.69 bits per heavy atom. The Balaban J connectivity index is 0.000000542. The van der Waals surface area contributed by atoms with Crippen LogP contribution in [0.2, 0.25) is 12.6 Å².